The summed E-state index contributed by atoms with van der Waals surface area (Å²) in [4.78, 5) is 21.3. The molecule has 1 radical (unpaired) electrons. The molecule has 0 heterocycles. The first-order valence-electron chi connectivity index (χ1n) is 7.56. The fourth-order valence-corrected chi connectivity index (χ4v) is 4.96. The van der Waals surface area contributed by atoms with E-state index in [2.05, 4.69) is 25.5 Å². The molecular formula is C16H22F3GeO4. The van der Waals surface area contributed by atoms with Crippen LogP contribution in [-0.4, -0.2) is 37.6 Å². The minimum atomic E-state index is -5.22. The molecule has 135 valence electrons. The monoisotopic (exact) mass is 409 g/mol. The van der Waals surface area contributed by atoms with E-state index < -0.39 is 38.6 Å². The molecule has 0 aromatic heterocycles. The number of benzene rings is 1. The molecule has 0 bridgehead atoms. The second kappa shape index (κ2) is 11.1. The quantitative estimate of drug-likeness (QED) is 0.558. The van der Waals surface area contributed by atoms with Gasteiger partial charge in [0, 0.05) is 5.56 Å². The zero-order valence-electron chi connectivity index (χ0n) is 13.9. The Morgan fingerprint density at radius 1 is 1.08 bits per heavy atom. The molecule has 0 aliphatic heterocycles. The van der Waals surface area contributed by atoms with Gasteiger partial charge in [-0.2, -0.15) is 13.2 Å². The van der Waals surface area contributed by atoms with Crippen molar-refractivity contribution in [3.05, 3.63) is 35.9 Å². The van der Waals surface area contributed by atoms with Gasteiger partial charge in [-0.15, -0.1) is 0 Å². The van der Waals surface area contributed by atoms with Gasteiger partial charge >= 0.3 is 69.0 Å². The van der Waals surface area contributed by atoms with Gasteiger partial charge in [0.15, 0.2) is 0 Å². The van der Waals surface area contributed by atoms with Gasteiger partial charge in [-0.25, -0.2) is 9.59 Å². The van der Waals surface area contributed by atoms with Crippen molar-refractivity contribution in [2.45, 2.75) is 48.8 Å². The van der Waals surface area contributed by atoms with E-state index in [-0.39, 0.29) is 5.56 Å². The first kappa shape index (κ1) is 22.5. The third-order valence-corrected chi connectivity index (χ3v) is 9.58. The molecule has 24 heavy (non-hydrogen) atoms. The molecule has 1 unspecified atom stereocenters. The topological polar surface area (TPSA) is 63.6 Å². The largest absolute Gasteiger partial charge is 0.490 e. The number of alkyl halides is 3. The van der Waals surface area contributed by atoms with E-state index in [1.807, 2.05) is 0 Å². The van der Waals surface area contributed by atoms with E-state index in [0.29, 0.717) is 0 Å². The third kappa shape index (κ3) is 8.37. The Kier molecular flexibility index (Phi) is 10.4. The number of carboxylic acids is 1. The Morgan fingerprint density at radius 2 is 1.54 bits per heavy atom. The van der Waals surface area contributed by atoms with Gasteiger partial charge < -0.3 is 9.84 Å². The molecule has 0 amide bonds. The number of esters is 1. The maximum atomic E-state index is 11.9. The summed E-state index contributed by atoms with van der Waals surface area (Å²) < 4.78 is 39.7. The maximum Gasteiger partial charge on any atom is 0.490 e. The molecule has 8 heteroatoms. The van der Waals surface area contributed by atoms with Gasteiger partial charge in [0.25, 0.3) is 0 Å². The van der Waals surface area contributed by atoms with E-state index in [4.69, 9.17) is 5.11 Å². The summed E-state index contributed by atoms with van der Waals surface area (Å²) in [6.07, 6.45) is -7.19. The Bertz CT molecular complexity index is 496. The minimum absolute atomic E-state index is 0.0439. The van der Waals surface area contributed by atoms with Gasteiger partial charge in [-0.05, 0) is 0 Å². The van der Waals surface area contributed by atoms with Gasteiger partial charge in [0.1, 0.15) is 0 Å². The van der Waals surface area contributed by atoms with Crippen LogP contribution >= 0.6 is 0 Å². The fourth-order valence-electron chi connectivity index (χ4n) is 1.81. The molecule has 0 aliphatic carbocycles. The molecule has 4 nitrogen and oxygen atoms in total. The van der Waals surface area contributed by atoms with Gasteiger partial charge in [-0.1, -0.05) is 30.3 Å². The van der Waals surface area contributed by atoms with E-state index in [9.17, 15) is 22.8 Å². The fraction of sp³-hybridized carbons (Fsp3) is 0.500. The molecule has 0 aliphatic rings. The Labute approximate surface area is 144 Å². The predicted octanol–water partition coefficient (Wildman–Crippen LogP) is 4.46. The van der Waals surface area contributed by atoms with Crippen molar-refractivity contribution in [1.29, 1.82) is 0 Å². The summed E-state index contributed by atoms with van der Waals surface area (Å²) in [5, 5.41) is 13.3. The van der Waals surface area contributed by atoms with Crippen LogP contribution in [0.1, 0.15) is 32.4 Å². The SMILES string of the molecule is C[CH2][Ge]([CH2]C)[CH2]C.O=C(O)C(OC(=O)C(F)(F)F)c1ccccc1. The zero-order chi connectivity index (χ0) is 18.8. The second-order valence-corrected chi connectivity index (χ2v) is 12.4. The van der Waals surface area contributed by atoms with Gasteiger partial charge in [-0.3, -0.25) is 0 Å². The number of carboxylic acid groups (broad SMARTS) is 1. The van der Waals surface area contributed by atoms with E-state index in [1.54, 1.807) is 6.07 Å². The standard InChI is InChI=1S/C10H7F3O4.C6H15Ge/c11-10(12,13)9(16)17-7(8(14)15)6-4-2-1-3-5-6;1-4-7(5-2)6-3/h1-5,7H,(H,14,15);4-6H2,1-3H3. The number of hydrogen-bond acceptors (Lipinski definition) is 3. The average Bonchev–Trinajstić information content (AvgIpc) is 2.54. The second-order valence-electron chi connectivity index (χ2n) is 4.84. The molecule has 0 spiro atoms. The van der Waals surface area contributed by atoms with Crippen LogP contribution in [0.5, 0.6) is 0 Å². The number of hydrogen-bond donors (Lipinski definition) is 1. The zero-order valence-corrected chi connectivity index (χ0v) is 16.0. The number of carbonyl (C=O) groups is 2. The molecule has 1 rings (SSSR count). The summed E-state index contributed by atoms with van der Waals surface area (Å²) in [7, 11) is 0. The molecule has 1 aromatic rings. The molecular weight excluding hydrogens is 386 g/mol. The Morgan fingerprint density at radius 3 is 1.83 bits per heavy atom. The molecule has 0 saturated carbocycles. The normalized spacial score (nSPS) is 12.1. The van der Waals surface area contributed by atoms with Crippen LogP contribution in [0.3, 0.4) is 0 Å². The smallest absolute Gasteiger partial charge is 0.478 e. The summed E-state index contributed by atoms with van der Waals surface area (Å²) >= 11 is -0.403. The van der Waals surface area contributed by atoms with Gasteiger partial charge in [0.05, 0.1) is 0 Å². The van der Waals surface area contributed by atoms with E-state index >= 15 is 0 Å². The molecule has 0 fully saturated rings. The van der Waals surface area contributed by atoms with Crippen molar-refractivity contribution >= 4 is 26.3 Å². The van der Waals surface area contributed by atoms with Crippen LogP contribution in [0.4, 0.5) is 13.2 Å². The number of rotatable bonds is 6. The number of ether oxygens (including phenoxy) is 1. The minimum Gasteiger partial charge on any atom is -0.478 e. The maximum absolute atomic E-state index is 11.9. The van der Waals surface area contributed by atoms with Crippen molar-refractivity contribution in [2.24, 2.45) is 0 Å². The van der Waals surface area contributed by atoms with Crippen LogP contribution in [0.2, 0.25) is 15.8 Å². The average molecular weight is 408 g/mol. The molecule has 1 aromatic carbocycles. The summed E-state index contributed by atoms with van der Waals surface area (Å²) in [5.41, 5.74) is -0.0439. The van der Waals surface area contributed by atoms with Gasteiger partial charge in [0.2, 0.25) is 6.10 Å². The van der Waals surface area contributed by atoms with Crippen molar-refractivity contribution in [2.75, 3.05) is 0 Å². The number of aliphatic carboxylic acids is 1. The van der Waals surface area contributed by atoms with Crippen LogP contribution in [0, 0.1) is 0 Å². The van der Waals surface area contributed by atoms with Crippen molar-refractivity contribution in [3.8, 4) is 0 Å². The Hall–Kier alpha value is -1.51. The van der Waals surface area contributed by atoms with Crippen molar-refractivity contribution < 1.29 is 32.6 Å². The molecule has 0 saturated heterocycles. The van der Waals surface area contributed by atoms with Crippen molar-refractivity contribution in [3.63, 3.8) is 0 Å². The number of halogens is 3. The number of carbonyl (C=O) groups excluding carboxylic acids is 1. The molecule has 1 atom stereocenters. The predicted molar refractivity (Wildman–Crippen MR) is 86.2 cm³/mol. The van der Waals surface area contributed by atoms with Crippen LogP contribution in [0.25, 0.3) is 0 Å². The van der Waals surface area contributed by atoms with Crippen LogP contribution < -0.4 is 0 Å². The van der Waals surface area contributed by atoms with Crippen LogP contribution in [-0.2, 0) is 14.3 Å². The first-order chi connectivity index (χ1) is 11.2. The first-order valence-corrected chi connectivity index (χ1v) is 12.0. The Balaban J connectivity index is 0.000000640. The van der Waals surface area contributed by atoms with E-state index in [1.165, 1.54) is 40.0 Å². The molecule has 1 N–H and O–H groups in total. The summed E-state index contributed by atoms with van der Waals surface area (Å²) in [6.45, 7) is 7.01. The summed E-state index contributed by atoms with van der Waals surface area (Å²) in [5.74, 6) is -4.21. The van der Waals surface area contributed by atoms with Crippen molar-refractivity contribution in [1.82, 2.24) is 0 Å². The third-order valence-electron chi connectivity index (χ3n) is 3.28. The summed E-state index contributed by atoms with van der Waals surface area (Å²) in [6, 6.07) is 6.90. The van der Waals surface area contributed by atoms with Crippen LogP contribution in [0.15, 0.2) is 30.3 Å². The van der Waals surface area contributed by atoms with E-state index in [0.717, 1.165) is 0 Å².